The Morgan fingerprint density at radius 2 is 1.83 bits per heavy atom. The van der Waals surface area contributed by atoms with Crippen LogP contribution in [0.15, 0.2) is 24.7 Å². The van der Waals surface area contributed by atoms with Crippen LogP contribution in [0.5, 0.6) is 0 Å². The third-order valence-electron chi connectivity index (χ3n) is 4.55. The van der Waals surface area contributed by atoms with Crippen LogP contribution in [0, 0.1) is 20.8 Å². The van der Waals surface area contributed by atoms with Gasteiger partial charge in [-0.2, -0.15) is 0 Å². The van der Waals surface area contributed by atoms with Crippen LogP contribution < -0.4 is 10.2 Å². The van der Waals surface area contributed by atoms with Gasteiger partial charge in [0, 0.05) is 13.1 Å². The number of carbonyl (C=O) groups excluding carboxylic acids is 1. The molecule has 1 fully saturated rings. The van der Waals surface area contributed by atoms with E-state index < -0.39 is 0 Å². The van der Waals surface area contributed by atoms with Crippen molar-refractivity contribution in [3.63, 3.8) is 0 Å². The number of aryl methyl sites for hydroxylation is 3. The average Bonchev–Trinajstić information content (AvgIpc) is 3.05. The fourth-order valence-corrected chi connectivity index (χ4v) is 3.44. The van der Waals surface area contributed by atoms with Crippen molar-refractivity contribution in [3.05, 3.63) is 46.9 Å². The van der Waals surface area contributed by atoms with Gasteiger partial charge in [0.15, 0.2) is 5.82 Å². The first-order valence-electron chi connectivity index (χ1n) is 8.46. The van der Waals surface area contributed by atoms with Crippen LogP contribution in [0.1, 0.15) is 35.1 Å². The molecule has 2 heterocycles. The Bertz CT molecular complexity index is 728. The summed E-state index contributed by atoms with van der Waals surface area (Å²) in [5.41, 5.74) is 5.34. The summed E-state index contributed by atoms with van der Waals surface area (Å²) in [5, 5.41) is 3.00. The first kappa shape index (κ1) is 16.4. The molecule has 5 heteroatoms. The van der Waals surface area contributed by atoms with Crippen molar-refractivity contribution in [1.29, 1.82) is 0 Å². The van der Waals surface area contributed by atoms with Gasteiger partial charge in [0.1, 0.15) is 12.0 Å². The monoisotopic (exact) mass is 324 g/mol. The van der Waals surface area contributed by atoms with E-state index in [1.165, 1.54) is 24.7 Å². The van der Waals surface area contributed by atoms with E-state index in [1.54, 1.807) is 6.20 Å². The number of hydrogen-bond donors (Lipinski definition) is 1. The minimum Gasteiger partial charge on any atom is -0.355 e. The van der Waals surface area contributed by atoms with Gasteiger partial charge < -0.3 is 10.2 Å². The topological polar surface area (TPSA) is 58.1 Å². The zero-order valence-electron chi connectivity index (χ0n) is 14.6. The molecule has 5 nitrogen and oxygen atoms in total. The summed E-state index contributed by atoms with van der Waals surface area (Å²) in [5.74, 6) is 0.800. The molecule has 0 aliphatic carbocycles. The van der Waals surface area contributed by atoms with E-state index in [4.69, 9.17) is 0 Å². The number of carbonyl (C=O) groups is 1. The first-order chi connectivity index (χ1) is 11.5. The van der Waals surface area contributed by atoms with Crippen LogP contribution in [-0.4, -0.2) is 29.0 Å². The molecule has 0 spiro atoms. The zero-order chi connectivity index (χ0) is 17.1. The zero-order valence-corrected chi connectivity index (χ0v) is 14.6. The Morgan fingerprint density at radius 3 is 2.50 bits per heavy atom. The largest absolute Gasteiger partial charge is 0.355 e. The van der Waals surface area contributed by atoms with Gasteiger partial charge in [-0.25, -0.2) is 9.97 Å². The lowest BCUT2D eigenvalue weighted by Gasteiger charge is -2.19. The molecule has 0 unspecified atom stereocenters. The van der Waals surface area contributed by atoms with E-state index in [9.17, 15) is 4.79 Å². The van der Waals surface area contributed by atoms with Crippen LogP contribution in [0.4, 0.5) is 11.5 Å². The van der Waals surface area contributed by atoms with Gasteiger partial charge in [-0.1, -0.05) is 17.7 Å². The highest BCUT2D eigenvalue weighted by atomic mass is 16.1. The molecule has 1 aromatic heterocycles. The normalized spacial score (nSPS) is 14.0. The third-order valence-corrected chi connectivity index (χ3v) is 4.55. The predicted octanol–water partition coefficient (Wildman–Crippen LogP) is 3.18. The SMILES string of the molecule is Cc1cc(C)c(CC(=O)Nc2cncnc2N2CCCC2)c(C)c1. The molecular weight excluding hydrogens is 300 g/mol. The standard InChI is InChI=1S/C19H24N4O/c1-13-8-14(2)16(15(3)9-13)10-18(24)22-17-11-20-12-21-19(17)23-6-4-5-7-23/h8-9,11-12H,4-7,10H2,1-3H3,(H,22,24). The molecule has 0 atom stereocenters. The highest BCUT2D eigenvalue weighted by Crippen LogP contribution is 2.26. The van der Waals surface area contributed by atoms with E-state index in [0.29, 0.717) is 12.1 Å². The summed E-state index contributed by atoms with van der Waals surface area (Å²) in [6.07, 6.45) is 5.93. The van der Waals surface area contributed by atoms with Crippen molar-refractivity contribution in [2.24, 2.45) is 0 Å². The number of benzene rings is 1. The van der Waals surface area contributed by atoms with Crippen LogP contribution in [-0.2, 0) is 11.2 Å². The Kier molecular flexibility index (Phi) is 4.79. The van der Waals surface area contributed by atoms with E-state index in [0.717, 1.165) is 35.6 Å². The van der Waals surface area contributed by atoms with Crippen LogP contribution >= 0.6 is 0 Å². The van der Waals surface area contributed by atoms with Gasteiger partial charge in [-0.15, -0.1) is 0 Å². The van der Waals surface area contributed by atoms with Gasteiger partial charge >= 0.3 is 0 Å². The molecule has 24 heavy (non-hydrogen) atoms. The van der Waals surface area contributed by atoms with Crippen LogP contribution in [0.3, 0.4) is 0 Å². The summed E-state index contributed by atoms with van der Waals surface area (Å²) in [6.45, 7) is 8.16. The van der Waals surface area contributed by atoms with Crippen molar-refractivity contribution >= 4 is 17.4 Å². The molecule has 1 aromatic carbocycles. The minimum atomic E-state index is -0.0275. The number of amides is 1. The molecule has 1 aliphatic rings. The molecule has 0 radical (unpaired) electrons. The smallest absolute Gasteiger partial charge is 0.228 e. The second-order valence-corrected chi connectivity index (χ2v) is 6.56. The number of hydrogen-bond acceptors (Lipinski definition) is 4. The van der Waals surface area contributed by atoms with Crippen molar-refractivity contribution < 1.29 is 4.79 Å². The Balaban J connectivity index is 1.76. The number of nitrogens with zero attached hydrogens (tertiary/aromatic N) is 3. The van der Waals surface area contributed by atoms with Crippen molar-refractivity contribution in [3.8, 4) is 0 Å². The Hall–Kier alpha value is -2.43. The fraction of sp³-hybridized carbons (Fsp3) is 0.421. The lowest BCUT2D eigenvalue weighted by atomic mass is 9.97. The van der Waals surface area contributed by atoms with Crippen LogP contribution in [0.2, 0.25) is 0 Å². The lowest BCUT2D eigenvalue weighted by Crippen LogP contribution is -2.23. The number of anilines is 2. The predicted molar refractivity (Wildman–Crippen MR) is 96.5 cm³/mol. The van der Waals surface area contributed by atoms with Gasteiger partial charge in [0.2, 0.25) is 5.91 Å². The molecule has 1 saturated heterocycles. The second-order valence-electron chi connectivity index (χ2n) is 6.56. The van der Waals surface area contributed by atoms with E-state index >= 15 is 0 Å². The maximum absolute atomic E-state index is 12.6. The highest BCUT2D eigenvalue weighted by molar-refractivity contribution is 5.95. The Morgan fingerprint density at radius 1 is 1.17 bits per heavy atom. The van der Waals surface area contributed by atoms with Gasteiger partial charge in [-0.05, 0) is 50.3 Å². The van der Waals surface area contributed by atoms with Crippen molar-refractivity contribution in [2.75, 3.05) is 23.3 Å². The maximum Gasteiger partial charge on any atom is 0.228 e. The number of aromatic nitrogens is 2. The van der Waals surface area contributed by atoms with E-state index in [1.807, 2.05) is 0 Å². The number of nitrogens with one attached hydrogen (secondary N) is 1. The second kappa shape index (κ2) is 6.99. The molecule has 1 aliphatic heterocycles. The van der Waals surface area contributed by atoms with Gasteiger partial charge in [-0.3, -0.25) is 4.79 Å². The third kappa shape index (κ3) is 3.55. The van der Waals surface area contributed by atoms with E-state index in [2.05, 4.69) is 53.1 Å². The summed E-state index contributed by atoms with van der Waals surface area (Å²) >= 11 is 0. The van der Waals surface area contributed by atoms with Crippen molar-refractivity contribution in [1.82, 2.24) is 9.97 Å². The minimum absolute atomic E-state index is 0.0275. The molecule has 0 bridgehead atoms. The molecule has 0 saturated carbocycles. The summed E-state index contributed by atoms with van der Waals surface area (Å²) < 4.78 is 0. The highest BCUT2D eigenvalue weighted by Gasteiger charge is 2.19. The summed E-state index contributed by atoms with van der Waals surface area (Å²) in [6, 6.07) is 4.24. The lowest BCUT2D eigenvalue weighted by molar-refractivity contribution is -0.115. The van der Waals surface area contributed by atoms with Crippen LogP contribution in [0.25, 0.3) is 0 Å². The molecule has 126 valence electrons. The molecular formula is C19H24N4O. The average molecular weight is 324 g/mol. The summed E-state index contributed by atoms with van der Waals surface area (Å²) in [7, 11) is 0. The van der Waals surface area contributed by atoms with Gasteiger partial charge in [0.05, 0.1) is 12.6 Å². The molecule has 3 rings (SSSR count). The quantitative estimate of drug-likeness (QED) is 0.938. The summed E-state index contributed by atoms with van der Waals surface area (Å²) in [4.78, 5) is 23.2. The van der Waals surface area contributed by atoms with Crippen molar-refractivity contribution in [2.45, 2.75) is 40.0 Å². The van der Waals surface area contributed by atoms with Gasteiger partial charge in [0.25, 0.3) is 0 Å². The first-order valence-corrected chi connectivity index (χ1v) is 8.46. The number of rotatable bonds is 4. The maximum atomic E-state index is 12.6. The molecule has 2 aromatic rings. The fourth-order valence-electron chi connectivity index (χ4n) is 3.44. The van der Waals surface area contributed by atoms with E-state index in [-0.39, 0.29) is 5.91 Å². The Labute approximate surface area is 143 Å². The molecule has 1 N–H and O–H groups in total. The molecule has 1 amide bonds.